The second-order valence-electron chi connectivity index (χ2n) is 4.15. The van der Waals surface area contributed by atoms with Crippen LogP contribution in [0.15, 0.2) is 22.0 Å². The highest BCUT2D eigenvalue weighted by atomic mass is 79.9. The van der Waals surface area contributed by atoms with Gasteiger partial charge in [0.2, 0.25) is 5.91 Å². The first-order chi connectivity index (χ1) is 8.69. The van der Waals surface area contributed by atoms with Crippen LogP contribution >= 0.6 is 27.3 Å². The molecule has 98 valence electrons. The lowest BCUT2D eigenvalue weighted by molar-refractivity contribution is -0.125. The molecule has 1 aliphatic rings. The quantitative estimate of drug-likeness (QED) is 0.794. The number of likely N-dealkylation sites (tertiary alicyclic amines) is 1. The van der Waals surface area contributed by atoms with Crippen LogP contribution < -0.4 is 0 Å². The van der Waals surface area contributed by atoms with Gasteiger partial charge in [-0.15, -0.1) is 11.3 Å². The number of thiophene rings is 1. The molecular formula is C13H16BrNO2S. The molecule has 0 aliphatic carbocycles. The molecule has 2 rings (SSSR count). The van der Waals surface area contributed by atoms with Crippen LogP contribution in [0.4, 0.5) is 0 Å². The zero-order chi connectivity index (χ0) is 13.0. The van der Waals surface area contributed by atoms with Crippen LogP contribution in [0.25, 0.3) is 6.08 Å². The van der Waals surface area contributed by atoms with Gasteiger partial charge in [-0.2, -0.15) is 0 Å². The first kappa shape index (κ1) is 13.8. The van der Waals surface area contributed by atoms with E-state index in [1.165, 1.54) is 0 Å². The van der Waals surface area contributed by atoms with E-state index >= 15 is 0 Å². The number of carbonyl (C=O) groups is 1. The number of hydrogen-bond donors (Lipinski definition) is 0. The van der Waals surface area contributed by atoms with Crippen molar-refractivity contribution in [2.24, 2.45) is 0 Å². The van der Waals surface area contributed by atoms with Crippen LogP contribution in [0.2, 0.25) is 0 Å². The van der Waals surface area contributed by atoms with Crippen LogP contribution in [0.1, 0.15) is 18.2 Å². The minimum Gasteiger partial charge on any atom is -0.377 e. The Morgan fingerprint density at radius 1 is 1.72 bits per heavy atom. The van der Waals surface area contributed by atoms with E-state index in [0.717, 1.165) is 22.3 Å². The first-order valence-electron chi connectivity index (χ1n) is 6.01. The molecule has 1 aliphatic heterocycles. The number of hydrogen-bond acceptors (Lipinski definition) is 3. The van der Waals surface area contributed by atoms with Crippen molar-refractivity contribution in [1.29, 1.82) is 0 Å². The zero-order valence-corrected chi connectivity index (χ0v) is 12.7. The Labute approximate surface area is 120 Å². The average Bonchev–Trinajstić information content (AvgIpc) is 2.96. The summed E-state index contributed by atoms with van der Waals surface area (Å²) >= 11 is 5.01. The molecule has 3 nitrogen and oxygen atoms in total. The Morgan fingerprint density at radius 3 is 3.22 bits per heavy atom. The second kappa shape index (κ2) is 6.50. The predicted molar refractivity (Wildman–Crippen MR) is 77.7 cm³/mol. The lowest BCUT2D eigenvalue weighted by Gasteiger charge is -2.14. The summed E-state index contributed by atoms with van der Waals surface area (Å²) in [6, 6.07) is 2.00. The Balaban J connectivity index is 1.87. The van der Waals surface area contributed by atoms with Gasteiger partial charge < -0.3 is 9.64 Å². The number of carbonyl (C=O) groups excluding carboxylic acids is 1. The van der Waals surface area contributed by atoms with Gasteiger partial charge in [-0.25, -0.2) is 0 Å². The summed E-state index contributed by atoms with van der Waals surface area (Å²) in [6.07, 6.45) is 4.67. The Kier molecular flexibility index (Phi) is 4.97. The van der Waals surface area contributed by atoms with Crippen LogP contribution in [0.5, 0.6) is 0 Å². The van der Waals surface area contributed by atoms with Gasteiger partial charge in [0.05, 0.1) is 6.10 Å². The number of nitrogens with zero attached hydrogens (tertiary/aromatic N) is 1. The SMILES string of the molecule is CCO[C@@H]1CCN(C(=O)C=Cc2cc(Br)cs2)C1. The maximum atomic E-state index is 12.0. The van der Waals surface area contributed by atoms with Gasteiger partial charge in [-0.05, 0) is 41.4 Å². The summed E-state index contributed by atoms with van der Waals surface area (Å²) in [5, 5.41) is 2.01. The second-order valence-corrected chi connectivity index (χ2v) is 6.01. The molecule has 0 radical (unpaired) electrons. The molecule has 2 heterocycles. The van der Waals surface area contributed by atoms with Crippen molar-refractivity contribution in [1.82, 2.24) is 4.90 Å². The topological polar surface area (TPSA) is 29.5 Å². The third-order valence-electron chi connectivity index (χ3n) is 2.84. The number of amides is 1. The van der Waals surface area contributed by atoms with Crippen molar-refractivity contribution in [2.45, 2.75) is 19.4 Å². The van der Waals surface area contributed by atoms with Gasteiger partial charge in [-0.1, -0.05) is 0 Å². The normalized spacial score (nSPS) is 19.9. The fourth-order valence-electron chi connectivity index (χ4n) is 1.97. The molecule has 1 atom stereocenters. The minimum atomic E-state index is 0.0710. The molecule has 1 fully saturated rings. The van der Waals surface area contributed by atoms with Crippen molar-refractivity contribution >= 4 is 39.2 Å². The largest absolute Gasteiger partial charge is 0.377 e. The van der Waals surface area contributed by atoms with E-state index < -0.39 is 0 Å². The Bertz CT molecular complexity index is 444. The maximum Gasteiger partial charge on any atom is 0.246 e. The van der Waals surface area contributed by atoms with Crippen LogP contribution in [0.3, 0.4) is 0 Å². The van der Waals surface area contributed by atoms with Crippen LogP contribution in [-0.2, 0) is 9.53 Å². The molecular weight excluding hydrogens is 314 g/mol. The van der Waals surface area contributed by atoms with Crippen molar-refractivity contribution in [2.75, 3.05) is 19.7 Å². The van der Waals surface area contributed by atoms with E-state index in [1.54, 1.807) is 17.4 Å². The van der Waals surface area contributed by atoms with Gasteiger partial charge >= 0.3 is 0 Å². The molecule has 18 heavy (non-hydrogen) atoms. The molecule has 0 unspecified atom stereocenters. The third-order valence-corrected chi connectivity index (χ3v) is 4.50. The minimum absolute atomic E-state index is 0.0710. The molecule has 1 aromatic heterocycles. The highest BCUT2D eigenvalue weighted by Gasteiger charge is 2.24. The van der Waals surface area contributed by atoms with Gasteiger partial charge in [0, 0.05) is 40.5 Å². The maximum absolute atomic E-state index is 12.0. The fraction of sp³-hybridized carbons (Fsp3) is 0.462. The van der Waals surface area contributed by atoms with Gasteiger partial charge in [0.15, 0.2) is 0 Å². The number of rotatable bonds is 4. The summed E-state index contributed by atoms with van der Waals surface area (Å²) in [5.41, 5.74) is 0. The van der Waals surface area contributed by atoms with Gasteiger partial charge in [-0.3, -0.25) is 4.79 Å². The van der Waals surface area contributed by atoms with E-state index in [9.17, 15) is 4.79 Å². The molecule has 1 saturated heterocycles. The lowest BCUT2D eigenvalue weighted by atomic mass is 10.3. The Hall–Kier alpha value is -0.650. The summed E-state index contributed by atoms with van der Waals surface area (Å²) in [4.78, 5) is 14.9. The smallest absolute Gasteiger partial charge is 0.246 e. The van der Waals surface area contributed by atoms with Crippen molar-refractivity contribution in [3.05, 3.63) is 26.9 Å². The van der Waals surface area contributed by atoms with E-state index in [4.69, 9.17) is 4.74 Å². The molecule has 1 aromatic rings. The first-order valence-corrected chi connectivity index (χ1v) is 7.69. The average molecular weight is 330 g/mol. The summed E-state index contributed by atoms with van der Waals surface area (Å²) in [7, 11) is 0. The molecule has 0 spiro atoms. The standard InChI is InChI=1S/C13H16BrNO2S/c1-2-17-11-5-6-15(8-11)13(16)4-3-12-7-10(14)9-18-12/h3-4,7,9,11H,2,5-6,8H2,1H3/t11-/m1/s1. The molecule has 1 amide bonds. The van der Waals surface area contributed by atoms with Crippen molar-refractivity contribution in [3.8, 4) is 0 Å². The summed E-state index contributed by atoms with van der Waals surface area (Å²) < 4.78 is 6.58. The predicted octanol–water partition coefficient (Wildman–Crippen LogP) is 3.16. The molecule has 0 bridgehead atoms. The lowest BCUT2D eigenvalue weighted by Crippen LogP contribution is -2.28. The van der Waals surface area contributed by atoms with Crippen LogP contribution in [0, 0.1) is 0 Å². The van der Waals surface area contributed by atoms with Crippen LogP contribution in [-0.4, -0.2) is 36.6 Å². The molecule has 0 aromatic carbocycles. The third kappa shape index (κ3) is 3.67. The summed E-state index contributed by atoms with van der Waals surface area (Å²) in [6.45, 7) is 4.21. The van der Waals surface area contributed by atoms with E-state index in [-0.39, 0.29) is 12.0 Å². The number of halogens is 1. The summed E-state index contributed by atoms with van der Waals surface area (Å²) in [5.74, 6) is 0.0710. The molecule has 0 N–H and O–H groups in total. The Morgan fingerprint density at radius 2 is 2.56 bits per heavy atom. The van der Waals surface area contributed by atoms with Crippen molar-refractivity contribution in [3.63, 3.8) is 0 Å². The molecule has 0 saturated carbocycles. The van der Waals surface area contributed by atoms with E-state index in [1.807, 2.05) is 29.3 Å². The molecule has 5 heteroatoms. The van der Waals surface area contributed by atoms with E-state index in [2.05, 4.69) is 15.9 Å². The monoisotopic (exact) mass is 329 g/mol. The fourth-order valence-corrected chi connectivity index (χ4v) is 3.31. The highest BCUT2D eigenvalue weighted by molar-refractivity contribution is 9.10. The number of ether oxygens (including phenoxy) is 1. The van der Waals surface area contributed by atoms with Gasteiger partial charge in [0.25, 0.3) is 0 Å². The zero-order valence-electron chi connectivity index (χ0n) is 10.3. The van der Waals surface area contributed by atoms with Crippen molar-refractivity contribution < 1.29 is 9.53 Å². The highest BCUT2D eigenvalue weighted by Crippen LogP contribution is 2.21. The van der Waals surface area contributed by atoms with E-state index in [0.29, 0.717) is 13.2 Å². The van der Waals surface area contributed by atoms with Gasteiger partial charge in [0.1, 0.15) is 0 Å².